The van der Waals surface area contributed by atoms with Crippen LogP contribution in [0.25, 0.3) is 10.8 Å². The molecular weight excluding hydrogens is 413 g/mol. The van der Waals surface area contributed by atoms with Gasteiger partial charge in [0.15, 0.2) is 11.6 Å². The van der Waals surface area contributed by atoms with Crippen LogP contribution < -0.4 is 0 Å². The molecular formula is C27H33F3O2. The molecule has 0 saturated heterocycles. The minimum Gasteiger partial charge on any atom is -0.478 e. The van der Waals surface area contributed by atoms with E-state index >= 15 is 4.39 Å². The van der Waals surface area contributed by atoms with Crippen molar-refractivity contribution < 1.29 is 23.1 Å². The molecule has 2 saturated carbocycles. The first-order valence-electron chi connectivity index (χ1n) is 12.2. The summed E-state index contributed by atoms with van der Waals surface area (Å²) in [6, 6.07) is 4.04. The molecule has 174 valence electrons. The van der Waals surface area contributed by atoms with E-state index in [1.165, 1.54) is 57.1 Å². The van der Waals surface area contributed by atoms with E-state index in [4.69, 9.17) is 5.11 Å². The van der Waals surface area contributed by atoms with Gasteiger partial charge in [0.1, 0.15) is 5.82 Å². The van der Waals surface area contributed by atoms with Gasteiger partial charge in [0.25, 0.3) is 0 Å². The Morgan fingerprint density at radius 1 is 0.938 bits per heavy atom. The topological polar surface area (TPSA) is 37.3 Å². The van der Waals surface area contributed by atoms with Crippen molar-refractivity contribution >= 4 is 16.7 Å². The van der Waals surface area contributed by atoms with Crippen molar-refractivity contribution in [2.24, 2.45) is 17.8 Å². The van der Waals surface area contributed by atoms with Gasteiger partial charge in [-0.1, -0.05) is 51.5 Å². The van der Waals surface area contributed by atoms with Crippen molar-refractivity contribution in [2.75, 3.05) is 0 Å². The zero-order valence-corrected chi connectivity index (χ0v) is 18.8. The highest BCUT2D eigenvalue weighted by Gasteiger charge is 2.37. The molecule has 4 atom stereocenters. The van der Waals surface area contributed by atoms with E-state index in [0.717, 1.165) is 37.7 Å². The second-order valence-electron chi connectivity index (χ2n) is 9.98. The first-order chi connectivity index (χ1) is 15.4. The third kappa shape index (κ3) is 4.53. The minimum absolute atomic E-state index is 0.0709. The predicted molar refractivity (Wildman–Crippen MR) is 120 cm³/mol. The summed E-state index contributed by atoms with van der Waals surface area (Å²) < 4.78 is 44.4. The number of benzene rings is 2. The van der Waals surface area contributed by atoms with Crippen LogP contribution in [0.15, 0.2) is 18.2 Å². The van der Waals surface area contributed by atoms with Gasteiger partial charge in [0.05, 0.1) is 10.9 Å². The first kappa shape index (κ1) is 23.1. The van der Waals surface area contributed by atoms with Crippen LogP contribution in [0.4, 0.5) is 13.2 Å². The van der Waals surface area contributed by atoms with Crippen LogP contribution in [0, 0.1) is 35.2 Å². The van der Waals surface area contributed by atoms with Gasteiger partial charge in [0.2, 0.25) is 0 Å². The van der Waals surface area contributed by atoms with E-state index in [9.17, 15) is 13.6 Å². The van der Waals surface area contributed by atoms with Crippen LogP contribution in [0.3, 0.4) is 0 Å². The van der Waals surface area contributed by atoms with Gasteiger partial charge < -0.3 is 5.11 Å². The second-order valence-corrected chi connectivity index (χ2v) is 9.98. The molecule has 0 aromatic heterocycles. The number of carboxylic acids is 1. The second kappa shape index (κ2) is 9.84. The van der Waals surface area contributed by atoms with Gasteiger partial charge in [-0.05, 0) is 78.9 Å². The maximum Gasteiger partial charge on any atom is 0.338 e. The fraction of sp³-hybridized carbons (Fsp3) is 0.593. The lowest BCUT2D eigenvalue weighted by atomic mass is 9.63. The number of fused-ring (bicyclic) bond motifs is 2. The molecule has 32 heavy (non-hydrogen) atoms. The Hall–Kier alpha value is -2.04. The van der Waals surface area contributed by atoms with E-state index in [1.807, 2.05) is 0 Å². The summed E-state index contributed by atoms with van der Waals surface area (Å²) in [5, 5.41) is 8.74. The molecule has 0 amide bonds. The third-order valence-electron chi connectivity index (χ3n) is 8.01. The summed E-state index contributed by atoms with van der Waals surface area (Å²) in [7, 11) is 0. The summed E-state index contributed by atoms with van der Waals surface area (Å²) in [5.74, 6) is -3.02. The van der Waals surface area contributed by atoms with Crippen LogP contribution in [-0.2, 0) is 0 Å². The third-order valence-corrected chi connectivity index (χ3v) is 8.01. The van der Waals surface area contributed by atoms with Crippen LogP contribution in [0.1, 0.15) is 99.4 Å². The molecule has 2 aromatic rings. The number of rotatable bonds is 7. The molecule has 5 heteroatoms. The van der Waals surface area contributed by atoms with Crippen LogP contribution in [0.2, 0.25) is 0 Å². The maximum atomic E-state index is 15.0. The zero-order valence-electron chi connectivity index (χ0n) is 18.8. The largest absolute Gasteiger partial charge is 0.478 e. The molecule has 0 aliphatic heterocycles. The smallest absolute Gasteiger partial charge is 0.338 e. The Kier molecular flexibility index (Phi) is 7.11. The Labute approximate surface area is 188 Å². The summed E-state index contributed by atoms with van der Waals surface area (Å²) >= 11 is 0. The van der Waals surface area contributed by atoms with Crippen molar-refractivity contribution in [2.45, 2.75) is 83.5 Å². The van der Waals surface area contributed by atoms with Gasteiger partial charge in [0, 0.05) is 0 Å². The summed E-state index contributed by atoms with van der Waals surface area (Å²) in [4.78, 5) is 11.2. The average Bonchev–Trinajstić information content (AvgIpc) is 2.78. The average molecular weight is 447 g/mol. The Bertz CT molecular complexity index is 987. The number of unbranched alkanes of at least 4 members (excludes halogenated alkanes) is 3. The molecule has 2 aliphatic rings. The molecule has 0 bridgehead atoms. The molecule has 2 aliphatic carbocycles. The van der Waals surface area contributed by atoms with Gasteiger partial charge in [-0.3, -0.25) is 0 Å². The summed E-state index contributed by atoms with van der Waals surface area (Å²) in [6.45, 7) is 2.23. The maximum absolute atomic E-state index is 15.0. The number of hydrogen-bond acceptors (Lipinski definition) is 1. The molecule has 4 unspecified atom stereocenters. The van der Waals surface area contributed by atoms with Crippen molar-refractivity contribution in [1.29, 1.82) is 0 Å². The minimum atomic E-state index is -1.49. The van der Waals surface area contributed by atoms with E-state index in [0.29, 0.717) is 17.4 Å². The van der Waals surface area contributed by atoms with Crippen LogP contribution in [0.5, 0.6) is 0 Å². The SMILES string of the molecule is CCCCCCC1CCC2CC(c3cc4ccc(C(=O)O)c(F)c4c(F)c3F)CCC2C1. The van der Waals surface area contributed by atoms with Gasteiger partial charge in [-0.15, -0.1) is 0 Å². The Balaban J connectivity index is 1.49. The van der Waals surface area contributed by atoms with Gasteiger partial charge in [-0.2, -0.15) is 0 Å². The molecule has 0 heterocycles. The van der Waals surface area contributed by atoms with Gasteiger partial charge >= 0.3 is 5.97 Å². The summed E-state index contributed by atoms with van der Waals surface area (Å²) in [6.07, 6.45) is 12.9. The predicted octanol–water partition coefficient (Wildman–Crippen LogP) is 8.23. The highest BCUT2D eigenvalue weighted by atomic mass is 19.2. The number of halogens is 3. The van der Waals surface area contributed by atoms with E-state index < -0.39 is 34.4 Å². The van der Waals surface area contributed by atoms with E-state index in [-0.39, 0.29) is 11.3 Å². The monoisotopic (exact) mass is 446 g/mol. The normalized spacial score (nSPS) is 25.6. The highest BCUT2D eigenvalue weighted by Crippen LogP contribution is 2.49. The molecule has 0 spiro atoms. The quantitative estimate of drug-likeness (QED) is 0.435. The summed E-state index contributed by atoms with van der Waals surface area (Å²) in [5.41, 5.74) is -0.326. The van der Waals surface area contributed by atoms with Crippen molar-refractivity contribution in [3.63, 3.8) is 0 Å². The molecule has 2 fully saturated rings. The lowest BCUT2D eigenvalue weighted by molar-refractivity contribution is 0.0692. The van der Waals surface area contributed by atoms with Gasteiger partial charge in [-0.25, -0.2) is 18.0 Å². The number of aromatic carboxylic acids is 1. The standard InChI is InChI=1S/C27H33F3O2/c1-2-3-4-5-6-16-7-8-18-14-19(10-9-17(18)13-16)22-15-20-11-12-21(27(31)32)24(28)23(20)26(30)25(22)29/h11-12,15-19H,2-10,13-14H2,1H3,(H,31,32). The number of carbonyl (C=O) groups is 1. The van der Waals surface area contributed by atoms with Crippen LogP contribution in [-0.4, -0.2) is 11.1 Å². The van der Waals surface area contributed by atoms with Crippen LogP contribution >= 0.6 is 0 Å². The Morgan fingerprint density at radius 2 is 1.69 bits per heavy atom. The van der Waals surface area contributed by atoms with E-state index in [2.05, 4.69) is 6.92 Å². The molecule has 4 rings (SSSR count). The first-order valence-corrected chi connectivity index (χ1v) is 12.2. The lowest BCUT2D eigenvalue weighted by Crippen LogP contribution is -2.30. The highest BCUT2D eigenvalue weighted by molar-refractivity contribution is 5.95. The van der Waals surface area contributed by atoms with Crippen molar-refractivity contribution in [1.82, 2.24) is 0 Å². The Morgan fingerprint density at radius 3 is 2.44 bits per heavy atom. The van der Waals surface area contributed by atoms with Crippen molar-refractivity contribution in [3.05, 3.63) is 46.8 Å². The fourth-order valence-electron chi connectivity index (χ4n) is 6.25. The molecule has 1 N–H and O–H groups in total. The number of hydrogen-bond donors (Lipinski definition) is 1. The molecule has 0 radical (unpaired) electrons. The van der Waals surface area contributed by atoms with E-state index in [1.54, 1.807) is 0 Å². The lowest BCUT2D eigenvalue weighted by Gasteiger charge is -2.42. The fourth-order valence-corrected chi connectivity index (χ4v) is 6.25. The molecule has 2 aromatic carbocycles. The molecule has 2 nitrogen and oxygen atoms in total. The number of carboxylic acid groups (broad SMARTS) is 1. The van der Waals surface area contributed by atoms with Crippen molar-refractivity contribution in [3.8, 4) is 0 Å². The zero-order chi connectivity index (χ0) is 22.8.